The standard InChI is InChI=1S/C6H11N2.C6H13NO2/c1-3-8-5-4-7(2)6-8;1-3-4(2)5(7)6(8)9/h4-6H,3H2,1-2H3;4-5H,3,7H2,1-2H3,(H,8,9)/q+1;/p-1/t;4-,5-/m.0/s1. The van der Waals surface area contributed by atoms with Crippen molar-refractivity contribution in [2.24, 2.45) is 18.7 Å². The molecule has 1 heterocycles. The van der Waals surface area contributed by atoms with E-state index in [1.807, 2.05) is 24.7 Å². The normalized spacial score (nSPS) is 13.5. The van der Waals surface area contributed by atoms with E-state index in [0.29, 0.717) is 0 Å². The van der Waals surface area contributed by atoms with Crippen LogP contribution in [0.4, 0.5) is 0 Å². The second-order valence-electron chi connectivity index (χ2n) is 4.14. The molecular weight excluding hydrogens is 218 g/mol. The van der Waals surface area contributed by atoms with Crippen LogP contribution in [0.3, 0.4) is 0 Å². The van der Waals surface area contributed by atoms with E-state index in [-0.39, 0.29) is 5.92 Å². The minimum atomic E-state index is -1.16. The van der Waals surface area contributed by atoms with E-state index in [1.54, 1.807) is 6.92 Å². The summed E-state index contributed by atoms with van der Waals surface area (Å²) in [5, 5.41) is 10.1. The zero-order valence-electron chi connectivity index (χ0n) is 11.1. The van der Waals surface area contributed by atoms with E-state index in [4.69, 9.17) is 5.73 Å². The molecule has 2 N–H and O–H groups in total. The van der Waals surface area contributed by atoms with Gasteiger partial charge in [-0.15, -0.1) is 0 Å². The van der Waals surface area contributed by atoms with E-state index < -0.39 is 12.0 Å². The van der Waals surface area contributed by atoms with E-state index >= 15 is 0 Å². The van der Waals surface area contributed by atoms with Crippen molar-refractivity contribution in [3.63, 3.8) is 0 Å². The average molecular weight is 241 g/mol. The molecule has 0 amide bonds. The third kappa shape index (κ3) is 6.06. The largest absolute Gasteiger partial charge is 0.548 e. The fourth-order valence-electron chi connectivity index (χ4n) is 1.18. The van der Waals surface area contributed by atoms with Crippen LogP contribution in [0.1, 0.15) is 27.2 Å². The van der Waals surface area contributed by atoms with Gasteiger partial charge < -0.3 is 15.6 Å². The summed E-state index contributed by atoms with van der Waals surface area (Å²) in [6.07, 6.45) is 6.92. The molecule has 0 radical (unpaired) electrons. The molecule has 98 valence electrons. The van der Waals surface area contributed by atoms with E-state index in [9.17, 15) is 9.90 Å². The fourth-order valence-corrected chi connectivity index (χ4v) is 1.18. The molecule has 17 heavy (non-hydrogen) atoms. The molecule has 0 fully saturated rings. The number of rotatable bonds is 4. The molecule has 0 aliphatic rings. The lowest BCUT2D eigenvalue weighted by Gasteiger charge is -2.18. The van der Waals surface area contributed by atoms with Gasteiger partial charge in [0.2, 0.25) is 6.33 Å². The zero-order chi connectivity index (χ0) is 13.4. The predicted molar refractivity (Wildman–Crippen MR) is 63.7 cm³/mol. The fraction of sp³-hybridized carbons (Fsp3) is 0.667. The number of aliphatic carboxylic acids is 1. The van der Waals surface area contributed by atoms with Gasteiger partial charge in [0.25, 0.3) is 0 Å². The van der Waals surface area contributed by atoms with Crippen LogP contribution in [0.25, 0.3) is 0 Å². The molecule has 5 nitrogen and oxygen atoms in total. The number of imidazole rings is 1. The molecule has 1 aromatic heterocycles. The molecule has 2 atom stereocenters. The van der Waals surface area contributed by atoms with Crippen LogP contribution < -0.4 is 15.4 Å². The van der Waals surface area contributed by atoms with Crippen molar-refractivity contribution < 1.29 is 14.5 Å². The third-order valence-electron chi connectivity index (χ3n) is 2.72. The average Bonchev–Trinajstić information content (AvgIpc) is 2.73. The summed E-state index contributed by atoms with van der Waals surface area (Å²) in [7, 11) is 2.02. The maximum absolute atomic E-state index is 10.1. The van der Waals surface area contributed by atoms with Gasteiger partial charge in [-0.2, -0.15) is 0 Å². The van der Waals surface area contributed by atoms with Gasteiger partial charge in [0.1, 0.15) is 12.4 Å². The molecule has 5 heteroatoms. The minimum Gasteiger partial charge on any atom is -0.548 e. The molecule has 1 rings (SSSR count). The highest BCUT2D eigenvalue weighted by atomic mass is 16.4. The Morgan fingerprint density at radius 1 is 1.53 bits per heavy atom. The lowest BCUT2D eigenvalue weighted by molar-refractivity contribution is -0.671. The molecule has 0 saturated heterocycles. The number of nitrogens with two attached hydrogens (primary N) is 1. The first-order valence-electron chi connectivity index (χ1n) is 5.89. The Hall–Kier alpha value is -1.36. The van der Waals surface area contributed by atoms with Gasteiger partial charge in [-0.25, -0.2) is 9.13 Å². The molecular formula is C12H23N3O2. The van der Waals surface area contributed by atoms with Crippen LogP contribution in [-0.2, 0) is 18.4 Å². The van der Waals surface area contributed by atoms with Crippen molar-refractivity contribution in [1.29, 1.82) is 0 Å². The zero-order valence-corrected chi connectivity index (χ0v) is 11.1. The van der Waals surface area contributed by atoms with E-state index in [0.717, 1.165) is 13.0 Å². The van der Waals surface area contributed by atoms with E-state index in [1.165, 1.54) is 0 Å². The summed E-state index contributed by atoms with van der Waals surface area (Å²) in [6, 6.07) is -0.810. The van der Waals surface area contributed by atoms with E-state index in [2.05, 4.69) is 24.0 Å². The number of hydrogen-bond acceptors (Lipinski definition) is 3. The minimum absolute atomic E-state index is 0.00926. The Kier molecular flexibility index (Phi) is 7.21. The van der Waals surface area contributed by atoms with Crippen molar-refractivity contribution in [2.75, 3.05) is 0 Å². The van der Waals surface area contributed by atoms with Gasteiger partial charge in [0.05, 0.1) is 19.6 Å². The molecule has 0 aliphatic heterocycles. The molecule has 0 saturated carbocycles. The SMILES string of the molecule is CC[C@H](C)[C@H](N)C(=O)[O-].CCn1cc[n+](C)c1. The Morgan fingerprint density at radius 2 is 2.12 bits per heavy atom. The quantitative estimate of drug-likeness (QED) is 0.718. The first-order valence-corrected chi connectivity index (χ1v) is 5.89. The number of aromatic nitrogens is 2. The lowest BCUT2D eigenvalue weighted by atomic mass is 10.0. The van der Waals surface area contributed by atoms with Gasteiger partial charge in [-0.05, 0) is 12.8 Å². The van der Waals surface area contributed by atoms with Gasteiger partial charge in [0.15, 0.2) is 0 Å². The molecule has 0 unspecified atom stereocenters. The van der Waals surface area contributed by atoms with Crippen LogP contribution in [0.5, 0.6) is 0 Å². The Morgan fingerprint density at radius 3 is 2.29 bits per heavy atom. The maximum Gasteiger partial charge on any atom is 0.243 e. The Balaban J connectivity index is 0.000000302. The maximum atomic E-state index is 10.1. The van der Waals surface area contributed by atoms with Crippen molar-refractivity contribution in [2.45, 2.75) is 39.8 Å². The van der Waals surface area contributed by atoms with Crippen LogP contribution >= 0.6 is 0 Å². The smallest absolute Gasteiger partial charge is 0.243 e. The Labute approximate surface area is 103 Å². The number of carbonyl (C=O) groups excluding carboxylic acids is 1. The van der Waals surface area contributed by atoms with Gasteiger partial charge in [-0.1, -0.05) is 20.3 Å². The summed E-state index contributed by atoms with van der Waals surface area (Å²) in [5.41, 5.74) is 5.21. The monoisotopic (exact) mass is 241 g/mol. The van der Waals surface area contributed by atoms with Gasteiger partial charge in [-0.3, -0.25) is 0 Å². The summed E-state index contributed by atoms with van der Waals surface area (Å²) in [6.45, 7) is 6.87. The summed E-state index contributed by atoms with van der Waals surface area (Å²) < 4.78 is 4.16. The lowest BCUT2D eigenvalue weighted by Crippen LogP contribution is -2.45. The predicted octanol–water partition coefficient (Wildman–Crippen LogP) is -0.558. The molecule has 0 aliphatic carbocycles. The van der Waals surface area contributed by atoms with Gasteiger partial charge >= 0.3 is 0 Å². The number of carbonyl (C=O) groups is 1. The second kappa shape index (κ2) is 7.84. The van der Waals surface area contributed by atoms with Crippen LogP contribution in [0.2, 0.25) is 0 Å². The summed E-state index contributed by atoms with van der Waals surface area (Å²) >= 11 is 0. The highest BCUT2D eigenvalue weighted by molar-refractivity contribution is 5.71. The summed E-state index contributed by atoms with van der Waals surface area (Å²) in [4.78, 5) is 10.1. The second-order valence-corrected chi connectivity index (χ2v) is 4.14. The van der Waals surface area contributed by atoms with Crippen molar-refractivity contribution in [3.8, 4) is 0 Å². The number of hydrogen-bond donors (Lipinski definition) is 1. The van der Waals surface area contributed by atoms with Gasteiger partial charge in [0, 0.05) is 6.04 Å². The molecule has 0 spiro atoms. The van der Waals surface area contributed by atoms with Crippen LogP contribution in [0, 0.1) is 5.92 Å². The molecule has 0 bridgehead atoms. The number of nitrogens with zero attached hydrogens (tertiary/aromatic N) is 2. The number of aryl methyl sites for hydroxylation is 2. The van der Waals surface area contributed by atoms with Crippen molar-refractivity contribution >= 4 is 5.97 Å². The third-order valence-corrected chi connectivity index (χ3v) is 2.72. The number of carboxylic acids is 1. The molecule has 1 aromatic rings. The highest BCUT2D eigenvalue weighted by Crippen LogP contribution is 2.03. The highest BCUT2D eigenvalue weighted by Gasteiger charge is 2.10. The molecule has 0 aromatic carbocycles. The van der Waals surface area contributed by atoms with Crippen molar-refractivity contribution in [3.05, 3.63) is 18.7 Å². The van der Waals surface area contributed by atoms with Crippen LogP contribution in [-0.4, -0.2) is 16.6 Å². The topological polar surface area (TPSA) is 75.0 Å². The first-order chi connectivity index (χ1) is 7.92. The Bertz CT molecular complexity index is 336. The first kappa shape index (κ1) is 15.6. The number of carboxylic acid groups (broad SMARTS) is 1. The van der Waals surface area contributed by atoms with Crippen molar-refractivity contribution in [1.82, 2.24) is 4.57 Å². The summed E-state index contributed by atoms with van der Waals surface area (Å²) in [5.74, 6) is -1.15. The van der Waals surface area contributed by atoms with Crippen LogP contribution in [0.15, 0.2) is 18.7 Å².